The van der Waals surface area contributed by atoms with Gasteiger partial charge in [-0.25, -0.2) is 9.31 Å². The highest BCUT2D eigenvalue weighted by atomic mass is 35.5. The van der Waals surface area contributed by atoms with Crippen molar-refractivity contribution in [2.75, 3.05) is 6.61 Å². The molecule has 0 aliphatic carbocycles. The summed E-state index contributed by atoms with van der Waals surface area (Å²) in [6.07, 6.45) is 1.66. The summed E-state index contributed by atoms with van der Waals surface area (Å²) in [5.41, 5.74) is 4.46. The van der Waals surface area contributed by atoms with E-state index in [-0.39, 0.29) is 11.1 Å². The molecule has 3 heterocycles. The molecule has 0 bridgehead atoms. The molecular weight excluding hydrogens is 442 g/mol. The number of aromatic nitrogens is 5. The van der Waals surface area contributed by atoms with Gasteiger partial charge in [0.25, 0.3) is 5.56 Å². The van der Waals surface area contributed by atoms with E-state index in [1.165, 1.54) is 4.57 Å². The van der Waals surface area contributed by atoms with Gasteiger partial charge in [0.2, 0.25) is 0 Å². The molecule has 33 heavy (non-hydrogen) atoms. The molecule has 0 N–H and O–H groups in total. The minimum absolute atomic E-state index is 0.185. The van der Waals surface area contributed by atoms with E-state index >= 15 is 0 Å². The van der Waals surface area contributed by atoms with E-state index in [0.717, 1.165) is 16.8 Å². The van der Waals surface area contributed by atoms with Gasteiger partial charge in [-0.15, -0.1) is 10.2 Å². The lowest BCUT2D eigenvalue weighted by Gasteiger charge is -2.08. The highest BCUT2D eigenvalue weighted by Gasteiger charge is 2.18. The average molecular weight is 460 g/mol. The smallest absolute Gasteiger partial charge is 0.338 e. The Kier molecular flexibility index (Phi) is 5.14. The fourth-order valence-electron chi connectivity index (χ4n) is 3.78. The number of rotatable bonds is 4. The number of ether oxygens (including phenoxy) is 1. The van der Waals surface area contributed by atoms with Crippen LogP contribution in [0, 0.1) is 6.92 Å². The number of carbonyl (C=O) groups excluding carboxylic acids is 1. The Morgan fingerprint density at radius 2 is 1.76 bits per heavy atom. The van der Waals surface area contributed by atoms with Crippen molar-refractivity contribution in [1.82, 2.24) is 24.4 Å². The molecule has 0 atom stereocenters. The van der Waals surface area contributed by atoms with E-state index in [1.54, 1.807) is 60.1 Å². The van der Waals surface area contributed by atoms with Gasteiger partial charge < -0.3 is 4.74 Å². The minimum atomic E-state index is -0.409. The van der Waals surface area contributed by atoms with Crippen LogP contribution in [-0.2, 0) is 4.74 Å². The Morgan fingerprint density at radius 3 is 2.45 bits per heavy atom. The highest BCUT2D eigenvalue weighted by molar-refractivity contribution is 6.30. The normalized spacial score (nSPS) is 11.2. The van der Waals surface area contributed by atoms with Crippen molar-refractivity contribution in [3.8, 4) is 16.8 Å². The molecular formula is C24H18ClN5O3. The largest absolute Gasteiger partial charge is 0.462 e. The van der Waals surface area contributed by atoms with Crippen LogP contribution < -0.4 is 5.56 Å². The highest BCUT2D eigenvalue weighted by Crippen LogP contribution is 2.29. The van der Waals surface area contributed by atoms with Gasteiger partial charge in [-0.1, -0.05) is 23.7 Å². The summed E-state index contributed by atoms with van der Waals surface area (Å²) in [6, 6.07) is 15.8. The number of halogens is 1. The van der Waals surface area contributed by atoms with Gasteiger partial charge in [0.15, 0.2) is 11.2 Å². The second-order valence-corrected chi connectivity index (χ2v) is 7.83. The van der Waals surface area contributed by atoms with E-state index in [0.29, 0.717) is 34.0 Å². The van der Waals surface area contributed by atoms with E-state index in [9.17, 15) is 9.59 Å². The van der Waals surface area contributed by atoms with Crippen molar-refractivity contribution in [1.29, 1.82) is 0 Å². The number of carbonyl (C=O) groups is 1. The maximum absolute atomic E-state index is 13.2. The third kappa shape index (κ3) is 3.54. The number of pyridine rings is 1. The Balaban J connectivity index is 1.62. The Labute approximate surface area is 193 Å². The van der Waals surface area contributed by atoms with Crippen molar-refractivity contribution < 1.29 is 9.53 Å². The first-order valence-electron chi connectivity index (χ1n) is 10.3. The van der Waals surface area contributed by atoms with Crippen LogP contribution in [0.1, 0.15) is 23.0 Å². The molecule has 0 fully saturated rings. The SMILES string of the molecule is CCOC(=O)c1ccc(-n2ccc3c(nnc4c(-c5ccc(Cl)cc5)c(C)nn43)c2=O)cc1. The van der Waals surface area contributed by atoms with Crippen LogP contribution in [0.3, 0.4) is 0 Å². The van der Waals surface area contributed by atoms with Crippen molar-refractivity contribution in [2.45, 2.75) is 13.8 Å². The van der Waals surface area contributed by atoms with E-state index < -0.39 is 5.97 Å². The van der Waals surface area contributed by atoms with Crippen molar-refractivity contribution in [3.05, 3.63) is 87.4 Å². The van der Waals surface area contributed by atoms with Crippen LogP contribution in [0.5, 0.6) is 0 Å². The summed E-state index contributed by atoms with van der Waals surface area (Å²) in [5.74, 6) is -0.409. The quantitative estimate of drug-likeness (QED) is 0.373. The molecule has 3 aromatic heterocycles. The first-order chi connectivity index (χ1) is 16.0. The summed E-state index contributed by atoms with van der Waals surface area (Å²) >= 11 is 6.02. The summed E-state index contributed by atoms with van der Waals surface area (Å²) in [4.78, 5) is 25.1. The average Bonchev–Trinajstić information content (AvgIpc) is 3.16. The van der Waals surface area contributed by atoms with Gasteiger partial charge in [-0.2, -0.15) is 5.10 Å². The number of benzene rings is 2. The fraction of sp³-hybridized carbons (Fsp3) is 0.125. The second-order valence-electron chi connectivity index (χ2n) is 7.39. The van der Waals surface area contributed by atoms with Crippen LogP contribution in [0.15, 0.2) is 65.6 Å². The standard InChI is InChI=1S/C24H18ClN5O3/c1-3-33-24(32)16-6-10-18(11-7-16)29-13-12-19-21(23(29)31)26-27-22-20(14(2)28-30(19)22)15-4-8-17(25)9-5-15/h4-13H,3H2,1-2H3. The Morgan fingerprint density at radius 1 is 1.03 bits per heavy atom. The Hall–Kier alpha value is -4.04. The molecule has 8 nitrogen and oxygen atoms in total. The molecule has 0 saturated heterocycles. The molecule has 0 amide bonds. The van der Waals surface area contributed by atoms with Crippen LogP contribution in [0.25, 0.3) is 33.5 Å². The summed E-state index contributed by atoms with van der Waals surface area (Å²) in [6.45, 7) is 3.93. The predicted octanol–water partition coefficient (Wildman–Crippen LogP) is 4.23. The maximum Gasteiger partial charge on any atom is 0.338 e. The topological polar surface area (TPSA) is 91.4 Å². The lowest BCUT2D eigenvalue weighted by atomic mass is 10.1. The molecule has 5 aromatic rings. The number of hydrogen-bond acceptors (Lipinski definition) is 6. The van der Waals surface area contributed by atoms with E-state index in [1.807, 2.05) is 19.1 Å². The summed E-state index contributed by atoms with van der Waals surface area (Å²) in [7, 11) is 0. The number of esters is 1. The number of nitrogens with zero attached hydrogens (tertiary/aromatic N) is 5. The number of fused-ring (bicyclic) bond motifs is 3. The predicted molar refractivity (Wildman–Crippen MR) is 125 cm³/mol. The molecule has 0 aliphatic rings. The maximum atomic E-state index is 13.2. The number of hydrogen-bond donors (Lipinski definition) is 0. The zero-order valence-corrected chi connectivity index (χ0v) is 18.6. The van der Waals surface area contributed by atoms with E-state index in [2.05, 4.69) is 15.3 Å². The van der Waals surface area contributed by atoms with Crippen LogP contribution in [0.4, 0.5) is 0 Å². The van der Waals surface area contributed by atoms with Gasteiger partial charge in [-0.3, -0.25) is 9.36 Å². The van der Waals surface area contributed by atoms with Crippen molar-refractivity contribution in [3.63, 3.8) is 0 Å². The third-order valence-electron chi connectivity index (χ3n) is 5.34. The molecule has 0 unspecified atom stereocenters. The zero-order chi connectivity index (χ0) is 23.1. The van der Waals surface area contributed by atoms with Crippen molar-refractivity contribution in [2.24, 2.45) is 0 Å². The lowest BCUT2D eigenvalue weighted by molar-refractivity contribution is 0.0526. The molecule has 2 aromatic carbocycles. The summed E-state index contributed by atoms with van der Waals surface area (Å²) in [5, 5.41) is 13.8. The monoisotopic (exact) mass is 459 g/mol. The Bertz CT molecular complexity index is 1570. The number of aryl methyl sites for hydroxylation is 1. The van der Waals surface area contributed by atoms with Gasteiger partial charge in [0.1, 0.15) is 5.52 Å². The molecule has 5 rings (SSSR count). The molecule has 0 saturated carbocycles. The molecule has 0 radical (unpaired) electrons. The second kappa shape index (κ2) is 8.14. The van der Waals surface area contributed by atoms with E-state index in [4.69, 9.17) is 16.3 Å². The van der Waals surface area contributed by atoms with Gasteiger partial charge >= 0.3 is 5.97 Å². The third-order valence-corrected chi connectivity index (χ3v) is 5.60. The van der Waals surface area contributed by atoms with Crippen LogP contribution in [-0.4, -0.2) is 37.0 Å². The summed E-state index contributed by atoms with van der Waals surface area (Å²) < 4.78 is 8.09. The first-order valence-corrected chi connectivity index (χ1v) is 10.7. The van der Waals surface area contributed by atoms with Gasteiger partial charge in [-0.05, 0) is 61.9 Å². The molecule has 164 valence electrons. The lowest BCUT2D eigenvalue weighted by Crippen LogP contribution is -2.20. The van der Waals surface area contributed by atoms with Crippen LogP contribution in [0.2, 0.25) is 5.02 Å². The van der Waals surface area contributed by atoms with Crippen LogP contribution >= 0.6 is 11.6 Å². The van der Waals surface area contributed by atoms with Crippen molar-refractivity contribution >= 4 is 34.3 Å². The molecule has 0 aliphatic heterocycles. The molecule has 0 spiro atoms. The van der Waals surface area contributed by atoms with Gasteiger partial charge in [0.05, 0.1) is 23.4 Å². The zero-order valence-electron chi connectivity index (χ0n) is 17.8. The fourth-order valence-corrected chi connectivity index (χ4v) is 3.91. The first kappa shape index (κ1) is 20.8. The van der Waals surface area contributed by atoms with Gasteiger partial charge in [0, 0.05) is 16.9 Å². The minimum Gasteiger partial charge on any atom is -0.462 e. The molecule has 9 heteroatoms.